The molecule has 0 saturated carbocycles. The number of rotatable bonds is 5. The molecule has 0 aromatic rings. The predicted octanol–water partition coefficient (Wildman–Crippen LogP) is 2.05. The molecule has 0 amide bonds. The van der Waals surface area contributed by atoms with E-state index in [1.807, 2.05) is 18.7 Å². The topological polar surface area (TPSA) is 55.7 Å². The maximum atomic E-state index is 10.3. The van der Waals surface area contributed by atoms with Crippen molar-refractivity contribution in [1.29, 1.82) is 0 Å². The summed E-state index contributed by atoms with van der Waals surface area (Å²) in [6, 6.07) is 0.205. The van der Waals surface area contributed by atoms with Crippen LogP contribution in [0.25, 0.3) is 0 Å². The number of nitrogens with zero attached hydrogens (tertiary/aromatic N) is 1. The first kappa shape index (κ1) is 16.9. The summed E-state index contributed by atoms with van der Waals surface area (Å²) in [6.45, 7) is 12.7. The monoisotopic (exact) mass is 272 g/mol. The van der Waals surface area contributed by atoms with Crippen LogP contribution in [0.3, 0.4) is 0 Å². The lowest BCUT2D eigenvalue weighted by Crippen LogP contribution is -2.64. The van der Waals surface area contributed by atoms with Crippen LogP contribution in [0.5, 0.6) is 0 Å². The van der Waals surface area contributed by atoms with E-state index in [1.54, 1.807) is 0 Å². The van der Waals surface area contributed by atoms with Crippen molar-refractivity contribution in [2.45, 2.75) is 96.8 Å². The van der Waals surface area contributed by atoms with E-state index in [-0.39, 0.29) is 17.1 Å². The molecule has 1 aliphatic heterocycles. The average molecular weight is 272 g/mol. The van der Waals surface area contributed by atoms with E-state index in [0.29, 0.717) is 12.8 Å². The van der Waals surface area contributed by atoms with Gasteiger partial charge >= 0.3 is 0 Å². The van der Waals surface area contributed by atoms with Gasteiger partial charge in [-0.2, -0.15) is 0 Å². The van der Waals surface area contributed by atoms with Crippen molar-refractivity contribution < 1.29 is 10.2 Å². The van der Waals surface area contributed by atoms with E-state index in [9.17, 15) is 10.2 Å². The molecule has 1 saturated heterocycles. The van der Waals surface area contributed by atoms with Crippen LogP contribution in [0.1, 0.15) is 67.2 Å². The molecule has 1 rings (SSSR count). The minimum Gasteiger partial charge on any atom is -0.378 e. The quantitative estimate of drug-likeness (QED) is 0.671. The van der Waals surface area contributed by atoms with Gasteiger partial charge in [0.25, 0.3) is 0 Å². The first-order valence-corrected chi connectivity index (χ1v) is 7.55. The van der Waals surface area contributed by atoms with Crippen molar-refractivity contribution in [2.24, 2.45) is 0 Å². The molecule has 0 aromatic heterocycles. The Bertz CT molecular complexity index is 266. The Morgan fingerprint density at radius 2 is 1.37 bits per heavy atom. The van der Waals surface area contributed by atoms with Gasteiger partial charge in [0.15, 0.2) is 0 Å². The number of hydrogen-bond donors (Lipinski definition) is 3. The van der Waals surface area contributed by atoms with E-state index >= 15 is 0 Å². The number of aliphatic hydroxyl groups excluding tert-OH is 2. The van der Waals surface area contributed by atoms with Crippen molar-refractivity contribution in [3.63, 3.8) is 0 Å². The van der Waals surface area contributed by atoms with Gasteiger partial charge in [-0.25, -0.2) is 4.90 Å². The van der Waals surface area contributed by atoms with Crippen molar-refractivity contribution >= 4 is 0 Å². The fraction of sp³-hybridized carbons (Fsp3) is 1.00. The van der Waals surface area contributed by atoms with Crippen LogP contribution in [-0.4, -0.2) is 44.7 Å². The summed E-state index contributed by atoms with van der Waals surface area (Å²) >= 11 is 0. The third-order valence-electron chi connectivity index (χ3n) is 4.01. The molecule has 0 aromatic carbocycles. The summed E-state index contributed by atoms with van der Waals surface area (Å²) in [5, 5.41) is 24.2. The molecule has 1 aliphatic rings. The summed E-state index contributed by atoms with van der Waals surface area (Å²) in [5.74, 6) is 0. The molecular weight excluding hydrogens is 240 g/mol. The summed E-state index contributed by atoms with van der Waals surface area (Å²) in [6.07, 6.45) is 2.02. The number of hydrogen-bond acceptors (Lipinski definition) is 4. The van der Waals surface area contributed by atoms with Crippen molar-refractivity contribution in [3.8, 4) is 0 Å². The molecule has 2 atom stereocenters. The zero-order valence-corrected chi connectivity index (χ0v) is 13.4. The van der Waals surface area contributed by atoms with E-state index in [2.05, 4.69) is 33.0 Å². The number of aliphatic hydroxyl groups is 2. The van der Waals surface area contributed by atoms with Gasteiger partial charge in [-0.05, 0) is 53.4 Å². The Kier molecular flexibility index (Phi) is 5.41. The Hall–Kier alpha value is -0.160. The highest BCUT2D eigenvalue weighted by Gasteiger charge is 2.42. The molecular formula is C15H32N2O2. The lowest BCUT2D eigenvalue weighted by molar-refractivity contribution is -0.143. The lowest BCUT2D eigenvalue weighted by atomic mass is 9.78. The van der Waals surface area contributed by atoms with Gasteiger partial charge in [-0.3, -0.25) is 0 Å². The Morgan fingerprint density at radius 3 is 1.68 bits per heavy atom. The minimum atomic E-state index is -0.565. The van der Waals surface area contributed by atoms with Crippen molar-refractivity contribution in [3.05, 3.63) is 0 Å². The minimum absolute atomic E-state index is 0.0194. The molecule has 19 heavy (non-hydrogen) atoms. The zero-order valence-electron chi connectivity index (χ0n) is 13.4. The van der Waals surface area contributed by atoms with Gasteiger partial charge in [-0.15, -0.1) is 0 Å². The van der Waals surface area contributed by atoms with E-state index in [0.717, 1.165) is 12.8 Å². The van der Waals surface area contributed by atoms with E-state index < -0.39 is 12.5 Å². The highest BCUT2D eigenvalue weighted by Crippen LogP contribution is 2.33. The molecule has 0 spiro atoms. The third-order valence-corrected chi connectivity index (χ3v) is 4.01. The van der Waals surface area contributed by atoms with Crippen LogP contribution < -0.4 is 5.32 Å². The zero-order chi connectivity index (χ0) is 14.8. The van der Waals surface area contributed by atoms with E-state index in [4.69, 9.17) is 0 Å². The van der Waals surface area contributed by atoms with Gasteiger partial charge in [-0.1, -0.05) is 13.8 Å². The molecule has 0 aliphatic carbocycles. The predicted molar refractivity (Wildman–Crippen MR) is 78.8 cm³/mol. The van der Waals surface area contributed by atoms with Gasteiger partial charge in [0, 0.05) is 17.1 Å². The smallest absolute Gasteiger partial charge is 0.109 e. The van der Waals surface area contributed by atoms with Crippen LogP contribution in [0.2, 0.25) is 0 Å². The Morgan fingerprint density at radius 1 is 1.00 bits per heavy atom. The first-order chi connectivity index (χ1) is 8.62. The van der Waals surface area contributed by atoms with Crippen LogP contribution in [0, 0.1) is 0 Å². The van der Waals surface area contributed by atoms with Crippen LogP contribution in [0.15, 0.2) is 0 Å². The van der Waals surface area contributed by atoms with Crippen LogP contribution in [-0.2, 0) is 0 Å². The first-order valence-electron chi connectivity index (χ1n) is 7.55. The highest BCUT2D eigenvalue weighted by molar-refractivity contribution is 5.00. The normalized spacial score (nSPS) is 26.4. The summed E-state index contributed by atoms with van der Waals surface area (Å²) in [4.78, 5) is 1.91. The summed E-state index contributed by atoms with van der Waals surface area (Å²) in [5.41, 5.74) is 0.0389. The standard InChI is InChI=1S/C15H32N2O2/c1-7-12(18)17(13(19)8-2)11-9-14(3,4)16-15(5,6)10-11/h11-13,16,18-19H,7-10H2,1-6H3. The highest BCUT2D eigenvalue weighted by atomic mass is 16.3. The largest absolute Gasteiger partial charge is 0.378 e. The molecule has 114 valence electrons. The molecule has 1 fully saturated rings. The van der Waals surface area contributed by atoms with Crippen molar-refractivity contribution in [2.75, 3.05) is 0 Å². The summed E-state index contributed by atoms with van der Waals surface area (Å²) in [7, 11) is 0. The summed E-state index contributed by atoms with van der Waals surface area (Å²) < 4.78 is 0. The molecule has 1 heterocycles. The SMILES string of the molecule is CCC(O)N(C(O)CC)C1CC(C)(C)NC(C)(C)C1. The molecule has 3 N–H and O–H groups in total. The van der Waals surface area contributed by atoms with E-state index in [1.165, 1.54) is 0 Å². The molecule has 4 heteroatoms. The van der Waals surface area contributed by atoms with Gasteiger partial charge in [0.05, 0.1) is 0 Å². The molecule has 0 bridgehead atoms. The van der Waals surface area contributed by atoms with Crippen LogP contribution in [0.4, 0.5) is 0 Å². The second-order valence-corrected chi connectivity index (χ2v) is 7.18. The molecule has 2 unspecified atom stereocenters. The van der Waals surface area contributed by atoms with Gasteiger partial charge in [0.2, 0.25) is 0 Å². The third kappa shape index (κ3) is 4.42. The lowest BCUT2D eigenvalue weighted by Gasteiger charge is -2.51. The van der Waals surface area contributed by atoms with Crippen molar-refractivity contribution in [1.82, 2.24) is 10.2 Å². The average Bonchev–Trinajstić information content (AvgIpc) is 2.24. The van der Waals surface area contributed by atoms with Gasteiger partial charge in [0.1, 0.15) is 12.5 Å². The second kappa shape index (κ2) is 6.08. The fourth-order valence-electron chi connectivity index (χ4n) is 3.59. The molecule has 4 nitrogen and oxygen atoms in total. The Labute approximate surface area is 118 Å². The number of nitrogens with one attached hydrogen (secondary N) is 1. The fourth-order valence-corrected chi connectivity index (χ4v) is 3.59. The van der Waals surface area contributed by atoms with Gasteiger partial charge < -0.3 is 15.5 Å². The molecule has 0 radical (unpaired) electrons. The second-order valence-electron chi connectivity index (χ2n) is 7.18. The number of piperidine rings is 1. The maximum Gasteiger partial charge on any atom is 0.109 e. The maximum absolute atomic E-state index is 10.3. The Balaban J connectivity index is 2.95. The van der Waals surface area contributed by atoms with Crippen LogP contribution >= 0.6 is 0 Å².